The Balaban J connectivity index is 1.67. The smallest absolute Gasteiger partial charge is 0.119 e. The van der Waals surface area contributed by atoms with E-state index >= 15 is 0 Å². The van der Waals surface area contributed by atoms with Crippen LogP contribution in [-0.4, -0.2) is 38.2 Å². The number of methoxy groups -OCH3 is 1. The molecule has 0 radical (unpaired) electrons. The summed E-state index contributed by atoms with van der Waals surface area (Å²) in [7, 11) is 1.72. The molecule has 2 aromatic carbocycles. The minimum Gasteiger partial charge on any atom is -0.497 e. The Bertz CT molecular complexity index is 611. The number of ether oxygens (including phenoxy) is 1. The quantitative estimate of drug-likeness (QED) is 0.813. The molecule has 3 rings (SSSR count). The van der Waals surface area contributed by atoms with Crippen LogP contribution in [-0.2, 0) is 0 Å². The maximum absolute atomic E-state index is 5.27. The fourth-order valence-electron chi connectivity index (χ4n) is 3.68. The van der Waals surface area contributed by atoms with Gasteiger partial charge < -0.3 is 9.64 Å². The second-order valence-corrected chi connectivity index (χ2v) is 6.41. The highest BCUT2D eigenvalue weighted by atomic mass is 16.5. The molecular formula is C21H28N2O. The first kappa shape index (κ1) is 16.8. The van der Waals surface area contributed by atoms with E-state index in [1.54, 1.807) is 7.11 Å². The first-order chi connectivity index (χ1) is 11.8. The Morgan fingerprint density at radius 2 is 1.67 bits per heavy atom. The van der Waals surface area contributed by atoms with Crippen LogP contribution in [0.4, 0.5) is 5.69 Å². The fourth-order valence-corrected chi connectivity index (χ4v) is 3.68. The molecule has 128 valence electrons. The lowest BCUT2D eigenvalue weighted by Gasteiger charge is -2.30. The third-order valence-electron chi connectivity index (χ3n) is 4.98. The van der Waals surface area contributed by atoms with Gasteiger partial charge in [-0.05, 0) is 42.7 Å². The summed E-state index contributed by atoms with van der Waals surface area (Å²) in [6.07, 6.45) is 2.36. The van der Waals surface area contributed by atoms with Crippen molar-refractivity contribution < 1.29 is 4.74 Å². The van der Waals surface area contributed by atoms with Gasteiger partial charge in [-0.2, -0.15) is 0 Å². The van der Waals surface area contributed by atoms with Crippen molar-refractivity contribution in [1.82, 2.24) is 4.90 Å². The van der Waals surface area contributed by atoms with E-state index in [2.05, 4.69) is 71.3 Å². The Kier molecular flexibility index (Phi) is 5.76. The summed E-state index contributed by atoms with van der Waals surface area (Å²) < 4.78 is 5.27. The molecule has 1 aliphatic rings. The summed E-state index contributed by atoms with van der Waals surface area (Å²) in [6.45, 7) is 6.77. The average molecular weight is 324 g/mol. The summed E-state index contributed by atoms with van der Waals surface area (Å²) in [6, 6.07) is 19.9. The van der Waals surface area contributed by atoms with Crippen LogP contribution in [0.3, 0.4) is 0 Å². The van der Waals surface area contributed by atoms with Crippen molar-refractivity contribution in [1.29, 1.82) is 0 Å². The number of nitrogens with zero attached hydrogens (tertiary/aromatic N) is 2. The van der Waals surface area contributed by atoms with Crippen molar-refractivity contribution in [3.05, 3.63) is 60.2 Å². The number of hydrogen-bond donors (Lipinski definition) is 0. The summed E-state index contributed by atoms with van der Waals surface area (Å²) in [5.41, 5.74) is 2.74. The first-order valence-corrected chi connectivity index (χ1v) is 9.00. The van der Waals surface area contributed by atoms with E-state index in [4.69, 9.17) is 4.74 Å². The molecule has 0 spiro atoms. The second-order valence-electron chi connectivity index (χ2n) is 6.41. The topological polar surface area (TPSA) is 15.7 Å². The molecule has 2 aromatic rings. The lowest BCUT2D eigenvalue weighted by molar-refractivity contribution is 0.206. The normalized spacial score (nSPS) is 17.3. The molecule has 3 nitrogen and oxygen atoms in total. The van der Waals surface area contributed by atoms with Gasteiger partial charge in [-0.15, -0.1) is 0 Å². The highest BCUT2D eigenvalue weighted by molar-refractivity contribution is 5.49. The standard InChI is InChI=1S/C21H28N2O/c1-3-21(18-8-5-4-6-9-18)23-15-7-14-22(16-17-23)19-10-12-20(24-2)13-11-19/h4-6,8-13,21H,3,7,14-17H2,1-2H3. The van der Waals surface area contributed by atoms with Crippen LogP contribution in [0.5, 0.6) is 5.75 Å². The van der Waals surface area contributed by atoms with Crippen LogP contribution in [0.25, 0.3) is 0 Å². The van der Waals surface area contributed by atoms with E-state index in [1.165, 1.54) is 24.2 Å². The van der Waals surface area contributed by atoms with Gasteiger partial charge in [0.15, 0.2) is 0 Å². The van der Waals surface area contributed by atoms with Gasteiger partial charge >= 0.3 is 0 Å². The molecule has 24 heavy (non-hydrogen) atoms. The van der Waals surface area contributed by atoms with Gasteiger partial charge in [0, 0.05) is 37.9 Å². The molecule has 0 aliphatic carbocycles. The van der Waals surface area contributed by atoms with Gasteiger partial charge in [0.25, 0.3) is 0 Å². The van der Waals surface area contributed by atoms with Gasteiger partial charge in [0.1, 0.15) is 5.75 Å². The lowest BCUT2D eigenvalue weighted by Crippen LogP contribution is -2.33. The van der Waals surface area contributed by atoms with E-state index in [0.29, 0.717) is 6.04 Å². The van der Waals surface area contributed by atoms with Gasteiger partial charge in [0.05, 0.1) is 7.11 Å². The summed E-state index contributed by atoms with van der Waals surface area (Å²) in [5.74, 6) is 0.922. The number of hydrogen-bond acceptors (Lipinski definition) is 3. The predicted octanol–water partition coefficient (Wildman–Crippen LogP) is 4.36. The first-order valence-electron chi connectivity index (χ1n) is 9.00. The molecule has 0 aromatic heterocycles. The Morgan fingerprint density at radius 3 is 2.33 bits per heavy atom. The summed E-state index contributed by atoms with van der Waals surface area (Å²) in [5, 5.41) is 0. The van der Waals surface area contributed by atoms with Crippen LogP contribution < -0.4 is 9.64 Å². The van der Waals surface area contributed by atoms with E-state index in [0.717, 1.165) is 31.8 Å². The molecule has 0 amide bonds. The second kappa shape index (κ2) is 8.20. The number of benzene rings is 2. The predicted molar refractivity (Wildman–Crippen MR) is 101 cm³/mol. The average Bonchev–Trinajstić information content (AvgIpc) is 2.90. The maximum Gasteiger partial charge on any atom is 0.119 e. The summed E-state index contributed by atoms with van der Waals surface area (Å²) >= 11 is 0. The van der Waals surface area contributed by atoms with Crippen molar-refractivity contribution in [3.63, 3.8) is 0 Å². The van der Waals surface area contributed by atoms with Crippen molar-refractivity contribution >= 4 is 5.69 Å². The molecule has 3 heteroatoms. The van der Waals surface area contributed by atoms with Crippen LogP contribution in [0, 0.1) is 0 Å². The maximum atomic E-state index is 5.27. The Labute approximate surface area is 145 Å². The minimum atomic E-state index is 0.530. The molecule has 1 atom stereocenters. The van der Waals surface area contributed by atoms with E-state index in [9.17, 15) is 0 Å². The SMILES string of the molecule is CCC(c1ccccc1)N1CCCN(c2ccc(OC)cc2)CC1. The van der Waals surface area contributed by atoms with Crippen LogP contribution in [0.2, 0.25) is 0 Å². The molecule has 0 N–H and O–H groups in total. The Morgan fingerprint density at radius 1 is 0.917 bits per heavy atom. The van der Waals surface area contributed by atoms with Crippen LogP contribution >= 0.6 is 0 Å². The van der Waals surface area contributed by atoms with Crippen molar-refractivity contribution in [2.45, 2.75) is 25.8 Å². The molecule has 1 heterocycles. The monoisotopic (exact) mass is 324 g/mol. The number of anilines is 1. The fraction of sp³-hybridized carbons (Fsp3) is 0.429. The molecule has 0 saturated carbocycles. The minimum absolute atomic E-state index is 0.530. The lowest BCUT2D eigenvalue weighted by atomic mass is 10.0. The van der Waals surface area contributed by atoms with Gasteiger partial charge in [-0.3, -0.25) is 4.90 Å². The van der Waals surface area contributed by atoms with Gasteiger partial charge in [0.2, 0.25) is 0 Å². The van der Waals surface area contributed by atoms with Crippen LogP contribution in [0.1, 0.15) is 31.4 Å². The molecule has 1 saturated heterocycles. The highest BCUT2D eigenvalue weighted by Gasteiger charge is 2.22. The largest absolute Gasteiger partial charge is 0.497 e. The van der Waals surface area contributed by atoms with Gasteiger partial charge in [-0.1, -0.05) is 37.3 Å². The zero-order valence-corrected chi connectivity index (χ0v) is 14.8. The number of rotatable bonds is 5. The highest BCUT2D eigenvalue weighted by Crippen LogP contribution is 2.27. The third kappa shape index (κ3) is 3.90. The van der Waals surface area contributed by atoms with Crippen molar-refractivity contribution in [2.24, 2.45) is 0 Å². The van der Waals surface area contributed by atoms with E-state index < -0.39 is 0 Å². The van der Waals surface area contributed by atoms with Gasteiger partial charge in [-0.25, -0.2) is 0 Å². The molecule has 1 fully saturated rings. The Hall–Kier alpha value is -2.00. The molecule has 1 unspecified atom stereocenters. The molecule has 0 bridgehead atoms. The summed E-state index contributed by atoms with van der Waals surface area (Å²) in [4.78, 5) is 5.15. The zero-order valence-electron chi connectivity index (χ0n) is 14.8. The zero-order chi connectivity index (χ0) is 16.8. The molecule has 1 aliphatic heterocycles. The van der Waals surface area contributed by atoms with E-state index in [1.807, 2.05) is 0 Å². The molecular weight excluding hydrogens is 296 g/mol. The van der Waals surface area contributed by atoms with Crippen LogP contribution in [0.15, 0.2) is 54.6 Å². The van der Waals surface area contributed by atoms with E-state index in [-0.39, 0.29) is 0 Å². The third-order valence-corrected chi connectivity index (χ3v) is 4.98. The van der Waals surface area contributed by atoms with Crippen molar-refractivity contribution in [2.75, 3.05) is 38.2 Å². The van der Waals surface area contributed by atoms with Crippen molar-refractivity contribution in [3.8, 4) is 5.75 Å².